The molecule has 1 amide bonds. The van der Waals surface area contributed by atoms with E-state index in [1.807, 2.05) is 24.1 Å². The van der Waals surface area contributed by atoms with Gasteiger partial charge in [0.25, 0.3) is 0 Å². The highest BCUT2D eigenvalue weighted by Crippen LogP contribution is 2.23. The summed E-state index contributed by atoms with van der Waals surface area (Å²) in [6.45, 7) is 2.51. The molecule has 6 nitrogen and oxygen atoms in total. The van der Waals surface area contributed by atoms with Crippen molar-refractivity contribution < 1.29 is 14.1 Å². The van der Waals surface area contributed by atoms with Crippen LogP contribution in [0.2, 0.25) is 5.02 Å². The second-order valence-electron chi connectivity index (χ2n) is 5.00. The maximum Gasteiger partial charge on any atom is 0.239 e. The minimum atomic E-state index is -0.170. The first-order valence-corrected chi connectivity index (χ1v) is 7.10. The van der Waals surface area contributed by atoms with Gasteiger partial charge < -0.3 is 14.6 Å². The number of nitrogens with zero attached hydrogens (tertiary/aromatic N) is 2. The van der Waals surface area contributed by atoms with Crippen molar-refractivity contribution in [1.82, 2.24) is 10.1 Å². The van der Waals surface area contributed by atoms with Crippen LogP contribution < -0.4 is 10.1 Å². The third kappa shape index (κ3) is 4.47. The molecule has 0 bridgehead atoms. The van der Waals surface area contributed by atoms with Crippen LogP contribution in [0, 0.1) is 6.92 Å². The molecular weight excluding hydrogens is 306 g/mol. The van der Waals surface area contributed by atoms with Crippen molar-refractivity contribution >= 4 is 23.3 Å². The van der Waals surface area contributed by atoms with E-state index in [0.717, 1.165) is 11.3 Å². The van der Waals surface area contributed by atoms with Crippen LogP contribution in [0.1, 0.15) is 11.3 Å². The van der Waals surface area contributed by atoms with Gasteiger partial charge in [0.05, 0.1) is 13.7 Å². The number of ether oxygens (including phenoxy) is 1. The van der Waals surface area contributed by atoms with Crippen molar-refractivity contribution in [1.29, 1.82) is 0 Å². The van der Waals surface area contributed by atoms with E-state index in [2.05, 4.69) is 10.5 Å². The number of carbonyl (C=O) groups excluding carboxylic acids is 1. The Morgan fingerprint density at radius 3 is 2.86 bits per heavy atom. The number of aromatic nitrogens is 1. The summed E-state index contributed by atoms with van der Waals surface area (Å²) in [7, 11) is 3.44. The summed E-state index contributed by atoms with van der Waals surface area (Å²) in [6.07, 6.45) is 0. The van der Waals surface area contributed by atoms with E-state index in [4.69, 9.17) is 20.9 Å². The lowest BCUT2D eigenvalue weighted by molar-refractivity contribution is -0.117. The molecule has 0 unspecified atom stereocenters. The Balaban J connectivity index is 1.93. The van der Waals surface area contributed by atoms with Crippen molar-refractivity contribution in [3.8, 4) is 5.75 Å². The molecule has 22 heavy (non-hydrogen) atoms. The topological polar surface area (TPSA) is 67.6 Å². The van der Waals surface area contributed by atoms with Gasteiger partial charge in [-0.25, -0.2) is 0 Å². The van der Waals surface area contributed by atoms with Gasteiger partial charge in [0.15, 0.2) is 5.82 Å². The molecule has 0 aliphatic heterocycles. The molecule has 2 rings (SSSR count). The smallest absolute Gasteiger partial charge is 0.239 e. The predicted octanol–water partition coefficient (Wildman–Crippen LogP) is 2.72. The third-order valence-corrected chi connectivity index (χ3v) is 3.23. The molecule has 118 valence electrons. The average Bonchev–Trinajstić information content (AvgIpc) is 2.83. The van der Waals surface area contributed by atoms with Gasteiger partial charge in [0, 0.05) is 23.2 Å². The van der Waals surface area contributed by atoms with Gasteiger partial charge in [-0.1, -0.05) is 16.8 Å². The van der Waals surface area contributed by atoms with Crippen LogP contribution in [-0.4, -0.2) is 36.7 Å². The van der Waals surface area contributed by atoms with Crippen LogP contribution >= 0.6 is 11.6 Å². The summed E-state index contributed by atoms with van der Waals surface area (Å²) in [6, 6.07) is 7.07. The van der Waals surface area contributed by atoms with Crippen LogP contribution in [0.15, 0.2) is 28.8 Å². The zero-order valence-corrected chi connectivity index (χ0v) is 13.5. The van der Waals surface area contributed by atoms with Crippen LogP contribution in [0.4, 0.5) is 5.82 Å². The molecule has 0 atom stereocenters. The fourth-order valence-corrected chi connectivity index (χ4v) is 2.26. The molecule has 0 saturated heterocycles. The Bertz CT molecular complexity index is 657. The van der Waals surface area contributed by atoms with Crippen LogP contribution in [0.3, 0.4) is 0 Å². The van der Waals surface area contributed by atoms with Crippen molar-refractivity contribution in [2.24, 2.45) is 0 Å². The predicted molar refractivity (Wildman–Crippen MR) is 84.2 cm³/mol. The van der Waals surface area contributed by atoms with E-state index < -0.39 is 0 Å². The van der Waals surface area contributed by atoms with Gasteiger partial charge in [0.2, 0.25) is 5.91 Å². The number of nitrogens with one attached hydrogen (secondary N) is 1. The fraction of sp³-hybridized carbons (Fsp3) is 0.333. The molecule has 1 N–H and O–H groups in total. The van der Waals surface area contributed by atoms with Gasteiger partial charge in [-0.15, -0.1) is 0 Å². The van der Waals surface area contributed by atoms with Crippen LogP contribution in [0.5, 0.6) is 5.75 Å². The van der Waals surface area contributed by atoms with Crippen molar-refractivity contribution in [3.05, 3.63) is 40.6 Å². The number of benzene rings is 1. The van der Waals surface area contributed by atoms with Crippen molar-refractivity contribution in [2.45, 2.75) is 13.5 Å². The second-order valence-corrected chi connectivity index (χ2v) is 5.44. The lowest BCUT2D eigenvalue weighted by Gasteiger charge is -2.17. The highest BCUT2D eigenvalue weighted by atomic mass is 35.5. The number of hydrogen-bond acceptors (Lipinski definition) is 5. The van der Waals surface area contributed by atoms with E-state index in [9.17, 15) is 4.79 Å². The summed E-state index contributed by atoms with van der Waals surface area (Å²) in [5, 5.41) is 7.03. The molecule has 7 heteroatoms. The first-order chi connectivity index (χ1) is 10.5. The summed E-state index contributed by atoms with van der Waals surface area (Å²) < 4.78 is 10.2. The number of rotatable bonds is 6. The Morgan fingerprint density at radius 1 is 1.45 bits per heavy atom. The van der Waals surface area contributed by atoms with Gasteiger partial charge in [0.1, 0.15) is 11.5 Å². The van der Waals surface area contributed by atoms with E-state index in [1.165, 1.54) is 0 Å². The van der Waals surface area contributed by atoms with Crippen LogP contribution in [0.25, 0.3) is 0 Å². The lowest BCUT2D eigenvalue weighted by Crippen LogP contribution is -2.30. The number of methoxy groups -OCH3 is 1. The first-order valence-electron chi connectivity index (χ1n) is 6.72. The van der Waals surface area contributed by atoms with E-state index in [0.29, 0.717) is 23.1 Å². The van der Waals surface area contributed by atoms with Crippen molar-refractivity contribution in [3.63, 3.8) is 0 Å². The number of anilines is 1. The minimum absolute atomic E-state index is 0.170. The normalized spacial score (nSPS) is 10.8. The molecule has 0 aliphatic carbocycles. The molecule has 1 aromatic carbocycles. The molecule has 1 heterocycles. The van der Waals surface area contributed by atoms with Gasteiger partial charge in [-0.2, -0.15) is 0 Å². The zero-order chi connectivity index (χ0) is 16.1. The monoisotopic (exact) mass is 323 g/mol. The Kier molecular flexibility index (Phi) is 5.41. The number of aryl methyl sites for hydroxylation is 1. The van der Waals surface area contributed by atoms with Gasteiger partial charge >= 0.3 is 0 Å². The number of amides is 1. The quantitative estimate of drug-likeness (QED) is 0.885. The highest BCUT2D eigenvalue weighted by Gasteiger charge is 2.12. The number of likely N-dealkylation sites (N-methyl/N-ethyl adjacent to an activating group) is 1. The molecular formula is C15H18ClN3O3. The molecule has 0 saturated carbocycles. The standard InChI is InChI=1S/C15H18ClN3O3/c1-10-6-14(18-22-10)17-15(20)9-19(2)8-11-7-12(16)4-5-13(11)21-3/h4-7H,8-9H2,1-3H3,(H,17,18,20). The summed E-state index contributed by atoms with van der Waals surface area (Å²) >= 11 is 6.00. The molecule has 0 radical (unpaired) electrons. The molecule has 1 aromatic heterocycles. The third-order valence-electron chi connectivity index (χ3n) is 2.99. The van der Waals surface area contributed by atoms with E-state index in [1.54, 1.807) is 26.2 Å². The van der Waals surface area contributed by atoms with E-state index in [-0.39, 0.29) is 12.5 Å². The largest absolute Gasteiger partial charge is 0.496 e. The van der Waals surface area contributed by atoms with E-state index >= 15 is 0 Å². The Hall–Kier alpha value is -2.05. The highest BCUT2D eigenvalue weighted by molar-refractivity contribution is 6.30. The second kappa shape index (κ2) is 7.29. The average molecular weight is 324 g/mol. The minimum Gasteiger partial charge on any atom is -0.496 e. The molecule has 0 fully saturated rings. The Morgan fingerprint density at radius 2 is 2.23 bits per heavy atom. The molecule has 0 aliphatic rings. The SMILES string of the molecule is COc1ccc(Cl)cc1CN(C)CC(=O)Nc1cc(C)on1. The fourth-order valence-electron chi connectivity index (χ4n) is 2.07. The summed E-state index contributed by atoms with van der Waals surface area (Å²) in [5.74, 6) is 1.63. The molecule has 2 aromatic rings. The van der Waals surface area contributed by atoms with Gasteiger partial charge in [-0.05, 0) is 32.2 Å². The zero-order valence-electron chi connectivity index (χ0n) is 12.7. The van der Waals surface area contributed by atoms with Gasteiger partial charge in [-0.3, -0.25) is 9.69 Å². The summed E-state index contributed by atoms with van der Waals surface area (Å²) in [4.78, 5) is 13.8. The number of hydrogen-bond donors (Lipinski definition) is 1. The maximum absolute atomic E-state index is 12.0. The first kappa shape index (κ1) is 16.3. The Labute approximate surface area is 134 Å². The molecule has 0 spiro atoms. The maximum atomic E-state index is 12.0. The summed E-state index contributed by atoms with van der Waals surface area (Å²) in [5.41, 5.74) is 0.919. The number of carbonyl (C=O) groups is 1. The van der Waals surface area contributed by atoms with Crippen molar-refractivity contribution in [2.75, 3.05) is 26.0 Å². The van der Waals surface area contributed by atoms with Crippen LogP contribution in [-0.2, 0) is 11.3 Å². The lowest BCUT2D eigenvalue weighted by atomic mass is 10.2. The number of halogens is 1.